The topological polar surface area (TPSA) is 106 Å². The smallest absolute Gasteiger partial charge is 0.260 e. The van der Waals surface area contributed by atoms with E-state index in [4.69, 9.17) is 5.73 Å². The Morgan fingerprint density at radius 1 is 0.844 bits per heavy atom. The Balaban J connectivity index is 0.000000122. The van der Waals surface area contributed by atoms with E-state index in [1.807, 2.05) is 36.4 Å². The Morgan fingerprint density at radius 3 is 2.19 bits per heavy atom. The maximum absolute atomic E-state index is 11.8. The van der Waals surface area contributed by atoms with Crippen LogP contribution in [0.25, 0.3) is 21.7 Å². The van der Waals surface area contributed by atoms with Crippen molar-refractivity contribution >= 4 is 39.2 Å². The number of fused-ring (bicyclic) bond motifs is 6. The van der Waals surface area contributed by atoms with E-state index in [1.165, 1.54) is 11.1 Å². The molecule has 0 unspecified atom stereocenters. The molecule has 3 aromatic rings. The summed E-state index contributed by atoms with van der Waals surface area (Å²) in [4.78, 5) is 41.9. The van der Waals surface area contributed by atoms with Gasteiger partial charge in [-0.25, -0.2) is 4.98 Å². The van der Waals surface area contributed by atoms with E-state index in [0.29, 0.717) is 34.3 Å². The number of rotatable bonds is 0. The number of nitrogen functional groups attached to an aromatic ring is 1. The normalized spacial score (nSPS) is 23.6. The summed E-state index contributed by atoms with van der Waals surface area (Å²) in [5, 5.41) is 2.51. The second-order valence-corrected chi connectivity index (χ2v) is 9.13. The number of hydrogen-bond acceptors (Lipinski definition) is 5. The number of aromatic amines is 1. The molecule has 2 aromatic carbocycles. The van der Waals surface area contributed by atoms with Crippen molar-refractivity contribution < 1.29 is 9.59 Å². The zero-order chi connectivity index (χ0) is 22.0. The van der Waals surface area contributed by atoms with Gasteiger partial charge in [-0.15, -0.1) is 0 Å². The number of Topliss-reactive ketones (excluding diaryl/α,β-unsaturated/α-hetero) is 2. The number of aromatic nitrogens is 2. The summed E-state index contributed by atoms with van der Waals surface area (Å²) in [7, 11) is 0. The number of carbonyl (C=O) groups is 2. The molecule has 0 amide bonds. The van der Waals surface area contributed by atoms with Crippen molar-refractivity contribution in [3.8, 4) is 0 Å². The van der Waals surface area contributed by atoms with Crippen molar-refractivity contribution in [3.63, 3.8) is 0 Å². The number of allylic oxidation sites excluding steroid dienone is 4. The van der Waals surface area contributed by atoms with Crippen molar-refractivity contribution in [3.05, 3.63) is 69.0 Å². The van der Waals surface area contributed by atoms with Gasteiger partial charge in [-0.05, 0) is 59.6 Å². The molecule has 4 aliphatic rings. The fourth-order valence-corrected chi connectivity index (χ4v) is 6.17. The van der Waals surface area contributed by atoms with Crippen LogP contribution in [0.15, 0.2) is 63.5 Å². The molecule has 1 aromatic heterocycles. The van der Waals surface area contributed by atoms with Crippen molar-refractivity contribution in [2.45, 2.75) is 38.5 Å². The van der Waals surface area contributed by atoms with Crippen LogP contribution in [-0.2, 0) is 9.59 Å². The predicted octanol–water partition coefficient (Wildman–Crippen LogP) is 4.00. The number of nitrogens with one attached hydrogen (secondary N) is 1. The molecule has 0 fully saturated rings. The first-order chi connectivity index (χ1) is 15.5. The van der Waals surface area contributed by atoms with Gasteiger partial charge in [0.2, 0.25) is 5.95 Å². The van der Waals surface area contributed by atoms with Gasteiger partial charge in [0.1, 0.15) is 0 Å². The van der Waals surface area contributed by atoms with Gasteiger partial charge in [0.05, 0.1) is 10.9 Å². The highest BCUT2D eigenvalue weighted by Gasteiger charge is 2.48. The molecule has 0 bridgehead atoms. The fourth-order valence-electron chi connectivity index (χ4n) is 6.17. The minimum Gasteiger partial charge on any atom is -0.369 e. The summed E-state index contributed by atoms with van der Waals surface area (Å²) in [5.74, 6) is 1.99. The minimum atomic E-state index is -0.195. The minimum absolute atomic E-state index is 0.146. The molecular formula is C26H23N3O3. The molecule has 6 heteroatoms. The molecule has 0 atom stereocenters. The van der Waals surface area contributed by atoms with Gasteiger partial charge < -0.3 is 5.73 Å². The lowest BCUT2D eigenvalue weighted by atomic mass is 9.86. The lowest BCUT2D eigenvalue weighted by molar-refractivity contribution is -0.115. The summed E-state index contributed by atoms with van der Waals surface area (Å²) in [6.45, 7) is 0. The summed E-state index contributed by atoms with van der Waals surface area (Å²) in [6, 6.07) is 11.5. The van der Waals surface area contributed by atoms with Crippen LogP contribution in [0.1, 0.15) is 38.5 Å². The fraction of sp³-hybridized carbons (Fsp3) is 0.308. The molecule has 0 saturated carbocycles. The van der Waals surface area contributed by atoms with Crippen LogP contribution in [-0.4, -0.2) is 21.5 Å². The number of H-pyrrole nitrogens is 1. The number of hydrogen-bond donors (Lipinski definition) is 2. The van der Waals surface area contributed by atoms with E-state index >= 15 is 0 Å². The van der Waals surface area contributed by atoms with Gasteiger partial charge in [0.25, 0.3) is 5.56 Å². The van der Waals surface area contributed by atoms with Crippen LogP contribution >= 0.6 is 0 Å². The highest BCUT2D eigenvalue weighted by molar-refractivity contribution is 6.05. The standard InChI is InChI=1S/C14H14O2.C12H9N3O/c15-12-3-1-8-10(12)5-7-6-11-9(14(7)8)2-4-13(11)16;13-12-14-9-6-5-7-3-1-2-4-8(7)10(9)11(16)15-12/h7,14H,1-6H2;1-6H,(H3,13,14,15,16). The maximum atomic E-state index is 11.8. The summed E-state index contributed by atoms with van der Waals surface area (Å²) in [6.07, 6.45) is 5.31. The molecule has 0 radical (unpaired) electrons. The number of nitrogens with two attached hydrogens (primary N) is 1. The molecule has 32 heavy (non-hydrogen) atoms. The first kappa shape index (κ1) is 19.2. The molecule has 7 rings (SSSR count). The van der Waals surface area contributed by atoms with Crippen LogP contribution in [0, 0.1) is 11.8 Å². The van der Waals surface area contributed by atoms with Crippen molar-refractivity contribution in [2.24, 2.45) is 11.8 Å². The predicted molar refractivity (Wildman–Crippen MR) is 123 cm³/mol. The van der Waals surface area contributed by atoms with Crippen LogP contribution < -0.4 is 11.3 Å². The number of nitrogens with zero attached hydrogens (tertiary/aromatic N) is 1. The van der Waals surface area contributed by atoms with E-state index in [-0.39, 0.29) is 11.5 Å². The SMILES string of the molecule is Nc1nc2ccc3ccccc3c2c(=O)[nH]1.O=C1CCC2=C1CC1CC3=C(CCC3=O)C21. The van der Waals surface area contributed by atoms with Gasteiger partial charge in [-0.1, -0.05) is 41.5 Å². The Kier molecular flexibility index (Phi) is 4.18. The van der Waals surface area contributed by atoms with Gasteiger partial charge in [0.15, 0.2) is 11.6 Å². The van der Waals surface area contributed by atoms with Crippen LogP contribution in [0.2, 0.25) is 0 Å². The quantitative estimate of drug-likeness (QED) is 0.530. The van der Waals surface area contributed by atoms with E-state index in [9.17, 15) is 14.4 Å². The van der Waals surface area contributed by atoms with E-state index in [1.54, 1.807) is 0 Å². The summed E-state index contributed by atoms with van der Waals surface area (Å²) >= 11 is 0. The van der Waals surface area contributed by atoms with Crippen molar-refractivity contribution in [1.82, 2.24) is 9.97 Å². The highest BCUT2D eigenvalue weighted by atomic mass is 16.1. The van der Waals surface area contributed by atoms with E-state index in [2.05, 4.69) is 9.97 Å². The number of benzene rings is 2. The third-order valence-electron chi connectivity index (χ3n) is 7.46. The Hall–Kier alpha value is -3.54. The molecular weight excluding hydrogens is 402 g/mol. The molecule has 3 N–H and O–H groups in total. The molecule has 4 aliphatic carbocycles. The molecule has 160 valence electrons. The van der Waals surface area contributed by atoms with Crippen LogP contribution in [0.5, 0.6) is 0 Å². The van der Waals surface area contributed by atoms with Gasteiger partial charge in [-0.2, -0.15) is 0 Å². The summed E-state index contributed by atoms with van der Waals surface area (Å²) < 4.78 is 0. The first-order valence-corrected chi connectivity index (χ1v) is 11.2. The molecule has 0 spiro atoms. The largest absolute Gasteiger partial charge is 0.369 e. The van der Waals surface area contributed by atoms with Crippen LogP contribution in [0.4, 0.5) is 5.95 Å². The van der Waals surface area contributed by atoms with Gasteiger partial charge >= 0.3 is 0 Å². The highest BCUT2D eigenvalue weighted by Crippen LogP contribution is 2.57. The average molecular weight is 425 g/mol. The Bertz CT molecular complexity index is 1420. The Morgan fingerprint density at radius 2 is 1.50 bits per heavy atom. The second kappa shape index (κ2) is 6.99. The second-order valence-electron chi connectivity index (χ2n) is 9.13. The lowest BCUT2D eigenvalue weighted by Crippen LogP contribution is -2.11. The van der Waals surface area contributed by atoms with E-state index in [0.717, 1.165) is 60.4 Å². The average Bonchev–Trinajstić information content (AvgIpc) is 3.50. The monoisotopic (exact) mass is 425 g/mol. The third kappa shape index (κ3) is 2.79. The number of anilines is 1. The van der Waals surface area contributed by atoms with E-state index < -0.39 is 0 Å². The molecule has 0 saturated heterocycles. The number of carbonyl (C=O) groups excluding carboxylic acids is 2. The van der Waals surface area contributed by atoms with Crippen molar-refractivity contribution in [1.29, 1.82) is 0 Å². The molecule has 0 aliphatic heterocycles. The van der Waals surface area contributed by atoms with Gasteiger partial charge in [0, 0.05) is 18.8 Å². The maximum Gasteiger partial charge on any atom is 0.260 e. The van der Waals surface area contributed by atoms with Crippen molar-refractivity contribution in [2.75, 3.05) is 5.73 Å². The molecule has 6 nitrogen and oxygen atoms in total. The zero-order valence-corrected chi connectivity index (χ0v) is 17.6. The van der Waals surface area contributed by atoms with Crippen LogP contribution in [0.3, 0.4) is 0 Å². The Labute approximate surface area is 184 Å². The lowest BCUT2D eigenvalue weighted by Gasteiger charge is -2.17. The first-order valence-electron chi connectivity index (χ1n) is 11.2. The molecule has 1 heterocycles. The zero-order valence-electron chi connectivity index (χ0n) is 17.6. The van der Waals surface area contributed by atoms with Gasteiger partial charge in [-0.3, -0.25) is 19.4 Å². The summed E-state index contributed by atoms with van der Waals surface area (Å²) in [5.41, 5.74) is 11.0. The number of ketones is 2. The third-order valence-corrected chi connectivity index (χ3v) is 7.46.